The van der Waals surface area contributed by atoms with E-state index in [4.69, 9.17) is 14.7 Å². The van der Waals surface area contributed by atoms with Crippen LogP contribution in [0.25, 0.3) is 0 Å². The number of carbonyl (C=O) groups excluding carboxylic acids is 3. The number of piperazine rings is 1. The summed E-state index contributed by atoms with van der Waals surface area (Å²) in [5.41, 5.74) is 7.88. The molecule has 7 aliphatic rings. The van der Waals surface area contributed by atoms with E-state index in [1.807, 2.05) is 24.3 Å². The average Bonchev–Trinajstić information content (AvgIpc) is 3.58. The van der Waals surface area contributed by atoms with Gasteiger partial charge in [0.25, 0.3) is 5.91 Å². The first-order chi connectivity index (χ1) is 28.8. The topological polar surface area (TPSA) is 131 Å². The molecular formula is C47H51N7O5. The Balaban J connectivity index is 0.688. The zero-order chi connectivity index (χ0) is 39.8. The van der Waals surface area contributed by atoms with Gasteiger partial charge in [0, 0.05) is 75.1 Å². The number of nitrogens with zero attached hydrogens (tertiary/aromatic N) is 6. The smallest absolute Gasteiger partial charge is 0.255 e. The number of fused-ring (bicyclic) bond motifs is 6. The normalized spacial score (nSPS) is 26.4. The first kappa shape index (κ1) is 36.6. The average molecular weight is 794 g/mol. The number of nitrogens with one attached hydrogen (secondary N) is 1. The van der Waals surface area contributed by atoms with Gasteiger partial charge in [0.1, 0.15) is 24.1 Å². The molecule has 4 aromatic rings. The van der Waals surface area contributed by atoms with Crippen molar-refractivity contribution in [1.82, 2.24) is 25.1 Å². The predicted octanol–water partition coefficient (Wildman–Crippen LogP) is 5.38. The zero-order valence-electron chi connectivity index (χ0n) is 33.4. The largest absolute Gasteiger partial charge is 0.508 e. The highest BCUT2D eigenvalue weighted by atomic mass is 16.5. The minimum absolute atomic E-state index is 0.143. The van der Waals surface area contributed by atoms with Gasteiger partial charge in [-0.15, -0.1) is 0 Å². The molecule has 11 rings (SSSR count). The number of amides is 3. The van der Waals surface area contributed by atoms with Crippen molar-refractivity contribution >= 4 is 29.4 Å². The third kappa shape index (κ3) is 6.42. The molecule has 4 atom stereocenters. The quantitative estimate of drug-likeness (QED) is 0.246. The van der Waals surface area contributed by atoms with Crippen LogP contribution >= 0.6 is 0 Å². The van der Waals surface area contributed by atoms with Crippen LogP contribution in [0.1, 0.15) is 95.0 Å². The molecule has 4 fully saturated rings. The second-order valence-corrected chi connectivity index (χ2v) is 18.3. The third-order valence-electron chi connectivity index (χ3n) is 14.8. The van der Waals surface area contributed by atoms with Crippen molar-refractivity contribution in [1.29, 1.82) is 0 Å². The molecule has 5 aliphatic heterocycles. The van der Waals surface area contributed by atoms with E-state index >= 15 is 0 Å². The maximum absolute atomic E-state index is 13.4. The lowest BCUT2D eigenvalue weighted by Gasteiger charge is -2.54. The number of benzene rings is 3. The van der Waals surface area contributed by atoms with E-state index in [-0.39, 0.29) is 30.2 Å². The van der Waals surface area contributed by atoms with Gasteiger partial charge in [-0.1, -0.05) is 36.4 Å². The second kappa shape index (κ2) is 14.4. The highest BCUT2D eigenvalue weighted by molar-refractivity contribution is 6.06. The van der Waals surface area contributed by atoms with Crippen LogP contribution in [-0.2, 0) is 22.6 Å². The van der Waals surface area contributed by atoms with Crippen LogP contribution in [0.15, 0.2) is 73.1 Å². The number of piperidine rings is 2. The fourth-order valence-electron chi connectivity index (χ4n) is 11.9. The summed E-state index contributed by atoms with van der Waals surface area (Å²) in [6, 6.07) is 20.2. The first-order valence-corrected chi connectivity index (χ1v) is 21.7. The fraction of sp³-hybridized carbons (Fsp3) is 0.468. The van der Waals surface area contributed by atoms with Crippen molar-refractivity contribution in [2.24, 2.45) is 11.3 Å². The second-order valence-electron chi connectivity index (χ2n) is 18.3. The lowest BCUT2D eigenvalue weighted by molar-refractivity contribution is -0.136. The molecule has 0 radical (unpaired) electrons. The van der Waals surface area contributed by atoms with E-state index in [0.29, 0.717) is 48.1 Å². The summed E-state index contributed by atoms with van der Waals surface area (Å²) in [5.74, 6) is 2.28. The molecule has 3 aromatic carbocycles. The number of aryl methyl sites for hydroxylation is 1. The van der Waals surface area contributed by atoms with Crippen molar-refractivity contribution in [3.05, 3.63) is 106 Å². The SMILES string of the molecule is O=C1CC[C@H](N2Cc3c(ccc4c3OC[C@H]3CN(CC5CC6(CCN(c7ncc([C@H]8c9ccc(O)cc9CC[C@H]8c8ccccc8)cn7)CC6)C5)CCN43)C2=O)C(=O)N1. The standard InChI is InChI=1S/C47H51N7O5/c55-34-7-9-36-31(20-34)6-8-35(30-4-2-1-3-5-30)42(36)32-23-48-46(49-24-32)52-16-14-47(15-17-52)21-29(22-47)25-51-18-19-53-33(26-51)28-59-43-38-27-54(40-12-13-41(56)50-44(40)57)45(58)37(38)10-11-39(43)53/h1-5,7,9-11,20,23-24,29,33,35,40,42,55H,6,8,12-19,21-22,25-28H2,(H,50,56,57)/t33-,35+,40+,42-/m1/s1. The molecule has 1 aromatic heterocycles. The van der Waals surface area contributed by atoms with Crippen molar-refractivity contribution in [2.45, 2.75) is 81.8 Å². The molecule has 1 saturated carbocycles. The van der Waals surface area contributed by atoms with Gasteiger partial charge in [-0.25, -0.2) is 9.97 Å². The van der Waals surface area contributed by atoms with Gasteiger partial charge in [-0.05, 0) is 109 Å². The van der Waals surface area contributed by atoms with Crippen LogP contribution in [-0.4, -0.2) is 101 Å². The highest BCUT2D eigenvalue weighted by Gasteiger charge is 2.48. The summed E-state index contributed by atoms with van der Waals surface area (Å²) in [5, 5.41) is 12.6. The maximum Gasteiger partial charge on any atom is 0.255 e. The van der Waals surface area contributed by atoms with Gasteiger partial charge in [-0.2, -0.15) is 0 Å². The molecule has 0 unspecified atom stereocenters. The summed E-state index contributed by atoms with van der Waals surface area (Å²) in [7, 11) is 0. The fourth-order valence-corrected chi connectivity index (χ4v) is 11.9. The Morgan fingerprint density at radius 3 is 2.47 bits per heavy atom. The van der Waals surface area contributed by atoms with Crippen LogP contribution in [0, 0.1) is 11.3 Å². The van der Waals surface area contributed by atoms with Gasteiger partial charge in [-0.3, -0.25) is 24.6 Å². The number of imide groups is 1. The van der Waals surface area contributed by atoms with Gasteiger partial charge >= 0.3 is 0 Å². The van der Waals surface area contributed by atoms with Crippen molar-refractivity contribution in [2.75, 3.05) is 55.7 Å². The summed E-state index contributed by atoms with van der Waals surface area (Å²) >= 11 is 0. The Hall–Kier alpha value is -5.49. The lowest BCUT2D eigenvalue weighted by Crippen LogP contribution is -2.59. The van der Waals surface area contributed by atoms with E-state index < -0.39 is 11.9 Å². The number of aromatic nitrogens is 2. The molecule has 12 heteroatoms. The molecule has 3 saturated heterocycles. The third-order valence-corrected chi connectivity index (χ3v) is 14.8. The van der Waals surface area contributed by atoms with E-state index in [1.165, 1.54) is 42.4 Å². The van der Waals surface area contributed by atoms with Gasteiger partial charge < -0.3 is 24.5 Å². The molecule has 304 valence electrons. The molecule has 12 nitrogen and oxygen atoms in total. The molecular weight excluding hydrogens is 743 g/mol. The van der Waals surface area contributed by atoms with Gasteiger partial charge in [0.15, 0.2) is 0 Å². The molecule has 3 amide bonds. The van der Waals surface area contributed by atoms with E-state index in [0.717, 1.165) is 80.6 Å². The number of phenolic OH excluding ortho intramolecular Hbond substituents is 1. The maximum atomic E-state index is 13.4. The van der Waals surface area contributed by atoms with Crippen LogP contribution in [0.5, 0.6) is 11.5 Å². The minimum atomic E-state index is -0.633. The Kier molecular flexibility index (Phi) is 8.90. The monoisotopic (exact) mass is 793 g/mol. The van der Waals surface area contributed by atoms with Crippen LogP contribution in [0.4, 0.5) is 11.6 Å². The predicted molar refractivity (Wildman–Crippen MR) is 222 cm³/mol. The van der Waals surface area contributed by atoms with E-state index in [2.05, 4.69) is 68.8 Å². The Bertz CT molecular complexity index is 2300. The minimum Gasteiger partial charge on any atom is -0.508 e. The van der Waals surface area contributed by atoms with Gasteiger partial charge in [0.2, 0.25) is 17.8 Å². The number of hydrogen-bond donors (Lipinski definition) is 2. The Morgan fingerprint density at radius 1 is 0.864 bits per heavy atom. The molecule has 2 aliphatic carbocycles. The number of rotatable bonds is 6. The first-order valence-electron chi connectivity index (χ1n) is 21.7. The van der Waals surface area contributed by atoms with E-state index in [1.54, 1.807) is 4.90 Å². The number of anilines is 2. The van der Waals surface area contributed by atoms with Crippen molar-refractivity contribution < 1.29 is 24.2 Å². The van der Waals surface area contributed by atoms with E-state index in [9.17, 15) is 19.5 Å². The number of phenols is 1. The molecule has 1 spiro atoms. The Labute approximate surface area is 344 Å². The van der Waals surface area contributed by atoms with Crippen LogP contribution in [0.2, 0.25) is 0 Å². The molecule has 6 heterocycles. The molecule has 2 N–H and O–H groups in total. The van der Waals surface area contributed by atoms with Gasteiger partial charge in [0.05, 0.1) is 18.3 Å². The van der Waals surface area contributed by atoms with Crippen molar-refractivity contribution in [3.8, 4) is 11.5 Å². The van der Waals surface area contributed by atoms with Crippen LogP contribution in [0.3, 0.4) is 0 Å². The highest BCUT2D eigenvalue weighted by Crippen LogP contribution is 2.53. The number of ether oxygens (including phenoxy) is 1. The number of aromatic hydroxyl groups is 1. The molecule has 59 heavy (non-hydrogen) atoms. The van der Waals surface area contributed by atoms with Crippen molar-refractivity contribution in [3.63, 3.8) is 0 Å². The lowest BCUT2D eigenvalue weighted by atomic mass is 9.57. The summed E-state index contributed by atoms with van der Waals surface area (Å²) in [6.45, 7) is 6.88. The zero-order valence-corrected chi connectivity index (χ0v) is 33.4. The number of hydrogen-bond acceptors (Lipinski definition) is 10. The molecule has 0 bridgehead atoms. The summed E-state index contributed by atoms with van der Waals surface area (Å²) in [6.07, 6.45) is 11.6. The summed E-state index contributed by atoms with van der Waals surface area (Å²) in [4.78, 5) is 56.7. The van der Waals surface area contributed by atoms with Crippen LogP contribution < -0.4 is 19.9 Å². The number of carbonyl (C=O) groups is 3. The Morgan fingerprint density at radius 2 is 1.68 bits per heavy atom. The summed E-state index contributed by atoms with van der Waals surface area (Å²) < 4.78 is 6.45.